The fourth-order valence-corrected chi connectivity index (χ4v) is 1.25. The smallest absolute Gasteiger partial charge is 0.306 e. The summed E-state index contributed by atoms with van der Waals surface area (Å²) < 4.78 is 5.60. The van der Waals surface area contributed by atoms with Crippen LogP contribution in [0.1, 0.15) is 33.6 Å². The fourth-order valence-electron chi connectivity index (χ4n) is 1.10. The summed E-state index contributed by atoms with van der Waals surface area (Å²) in [5, 5.41) is 8.71. The number of carbonyl (C=O) groups is 1. The predicted octanol–water partition coefficient (Wildman–Crippen LogP) is 2.52. The standard InChI is InChI=1S/C11H20O3S/c1-11(2,3)14-9(8-10(12)13)6-4-5-7-15/h4,6,9,15H,5,7-8H2,1-3H3,(H,12,13)/t9-/m0/s1. The molecule has 1 N–H and O–H groups in total. The lowest BCUT2D eigenvalue weighted by Crippen LogP contribution is -2.27. The first kappa shape index (κ1) is 14.5. The van der Waals surface area contributed by atoms with E-state index in [0.29, 0.717) is 0 Å². The summed E-state index contributed by atoms with van der Waals surface area (Å²) in [4.78, 5) is 10.6. The zero-order valence-corrected chi connectivity index (χ0v) is 10.5. The molecule has 0 radical (unpaired) electrons. The van der Waals surface area contributed by atoms with Gasteiger partial charge in [-0.1, -0.05) is 12.2 Å². The summed E-state index contributed by atoms with van der Waals surface area (Å²) in [6, 6.07) is 0. The Morgan fingerprint density at radius 1 is 1.53 bits per heavy atom. The highest BCUT2D eigenvalue weighted by Gasteiger charge is 2.18. The molecule has 3 nitrogen and oxygen atoms in total. The van der Waals surface area contributed by atoms with E-state index in [0.717, 1.165) is 12.2 Å². The SMILES string of the molecule is CC(C)(C)O[C@@H](C=CCCS)CC(=O)O. The number of rotatable bonds is 6. The summed E-state index contributed by atoms with van der Waals surface area (Å²) in [7, 11) is 0. The first-order valence-electron chi connectivity index (χ1n) is 5.02. The van der Waals surface area contributed by atoms with Crippen LogP contribution in [0.4, 0.5) is 0 Å². The number of allylic oxidation sites excluding steroid dienone is 1. The molecule has 0 rings (SSSR count). The predicted molar refractivity (Wildman–Crippen MR) is 64.5 cm³/mol. The Balaban J connectivity index is 4.24. The first-order valence-corrected chi connectivity index (χ1v) is 5.65. The Bertz CT molecular complexity index is 218. The van der Waals surface area contributed by atoms with E-state index in [-0.39, 0.29) is 18.1 Å². The second kappa shape index (κ2) is 6.90. The highest BCUT2D eigenvalue weighted by molar-refractivity contribution is 7.80. The molecule has 0 aliphatic rings. The largest absolute Gasteiger partial charge is 0.481 e. The zero-order valence-electron chi connectivity index (χ0n) is 9.56. The van der Waals surface area contributed by atoms with Crippen molar-refractivity contribution in [2.24, 2.45) is 0 Å². The van der Waals surface area contributed by atoms with Gasteiger partial charge in [0.1, 0.15) is 0 Å². The van der Waals surface area contributed by atoms with Crippen molar-refractivity contribution in [1.82, 2.24) is 0 Å². The average Bonchev–Trinajstić information content (AvgIpc) is 2.00. The molecule has 0 unspecified atom stereocenters. The van der Waals surface area contributed by atoms with Crippen LogP contribution in [-0.4, -0.2) is 28.5 Å². The minimum Gasteiger partial charge on any atom is -0.481 e. The topological polar surface area (TPSA) is 46.5 Å². The number of ether oxygens (including phenoxy) is 1. The molecule has 88 valence electrons. The number of carboxylic acids is 1. The van der Waals surface area contributed by atoms with E-state index in [1.54, 1.807) is 6.08 Å². The van der Waals surface area contributed by atoms with Crippen LogP contribution in [0.3, 0.4) is 0 Å². The van der Waals surface area contributed by atoms with Gasteiger partial charge in [0, 0.05) is 0 Å². The van der Waals surface area contributed by atoms with Crippen molar-refractivity contribution >= 4 is 18.6 Å². The lowest BCUT2D eigenvalue weighted by molar-refractivity contribution is -0.141. The minimum absolute atomic E-state index is 0.000339. The van der Waals surface area contributed by atoms with Gasteiger partial charge in [-0.25, -0.2) is 0 Å². The number of hydrogen-bond donors (Lipinski definition) is 2. The van der Waals surface area contributed by atoms with Gasteiger partial charge in [-0.3, -0.25) is 4.79 Å². The Kier molecular flexibility index (Phi) is 6.68. The second-order valence-corrected chi connectivity index (χ2v) is 4.75. The fraction of sp³-hybridized carbons (Fsp3) is 0.727. The Hall–Kier alpha value is -0.480. The first-order chi connectivity index (χ1) is 6.85. The van der Waals surface area contributed by atoms with Gasteiger partial charge in [-0.05, 0) is 32.9 Å². The van der Waals surface area contributed by atoms with Gasteiger partial charge < -0.3 is 9.84 Å². The number of carboxylic acid groups (broad SMARTS) is 1. The van der Waals surface area contributed by atoms with E-state index in [1.165, 1.54) is 0 Å². The molecule has 0 spiro atoms. The van der Waals surface area contributed by atoms with Crippen molar-refractivity contribution in [1.29, 1.82) is 0 Å². The highest BCUT2D eigenvalue weighted by atomic mass is 32.1. The maximum Gasteiger partial charge on any atom is 0.306 e. The highest BCUT2D eigenvalue weighted by Crippen LogP contribution is 2.14. The van der Waals surface area contributed by atoms with Gasteiger partial charge in [0.25, 0.3) is 0 Å². The van der Waals surface area contributed by atoms with E-state index in [4.69, 9.17) is 9.84 Å². The van der Waals surface area contributed by atoms with Gasteiger partial charge >= 0.3 is 5.97 Å². The van der Waals surface area contributed by atoms with Crippen molar-refractivity contribution in [2.45, 2.75) is 45.3 Å². The summed E-state index contributed by atoms with van der Waals surface area (Å²) >= 11 is 4.07. The zero-order chi connectivity index (χ0) is 11.9. The van der Waals surface area contributed by atoms with Crippen LogP contribution in [0.2, 0.25) is 0 Å². The minimum atomic E-state index is -0.847. The van der Waals surface area contributed by atoms with Crippen LogP contribution in [0.25, 0.3) is 0 Å². The van der Waals surface area contributed by atoms with Crippen molar-refractivity contribution in [3.05, 3.63) is 12.2 Å². The molecule has 0 saturated carbocycles. The number of thiol groups is 1. The van der Waals surface area contributed by atoms with Crippen LogP contribution >= 0.6 is 12.6 Å². The molecule has 0 aromatic carbocycles. The quantitative estimate of drug-likeness (QED) is 0.546. The Morgan fingerprint density at radius 2 is 2.13 bits per heavy atom. The summed E-state index contributed by atoms with van der Waals surface area (Å²) in [5.41, 5.74) is -0.328. The van der Waals surface area contributed by atoms with E-state index < -0.39 is 5.97 Å². The third kappa shape index (κ3) is 9.82. The molecule has 0 bridgehead atoms. The van der Waals surface area contributed by atoms with Crippen molar-refractivity contribution < 1.29 is 14.6 Å². The van der Waals surface area contributed by atoms with Crippen LogP contribution < -0.4 is 0 Å². The summed E-state index contributed by atoms with van der Waals surface area (Å²) in [6.45, 7) is 5.73. The van der Waals surface area contributed by atoms with Crippen LogP contribution in [0.15, 0.2) is 12.2 Å². The van der Waals surface area contributed by atoms with Crippen molar-refractivity contribution in [2.75, 3.05) is 5.75 Å². The molecule has 0 aliphatic heterocycles. The number of aliphatic carboxylic acids is 1. The Morgan fingerprint density at radius 3 is 2.53 bits per heavy atom. The van der Waals surface area contributed by atoms with Crippen molar-refractivity contribution in [3.8, 4) is 0 Å². The van der Waals surface area contributed by atoms with Gasteiger partial charge in [-0.2, -0.15) is 12.6 Å². The van der Waals surface area contributed by atoms with Gasteiger partial charge in [-0.15, -0.1) is 0 Å². The summed E-state index contributed by atoms with van der Waals surface area (Å²) in [6.07, 6.45) is 4.18. The van der Waals surface area contributed by atoms with E-state index >= 15 is 0 Å². The van der Waals surface area contributed by atoms with Crippen LogP contribution in [0.5, 0.6) is 0 Å². The van der Waals surface area contributed by atoms with Gasteiger partial charge in [0.2, 0.25) is 0 Å². The number of hydrogen-bond acceptors (Lipinski definition) is 3. The third-order valence-corrected chi connectivity index (χ3v) is 1.79. The molecule has 0 aromatic heterocycles. The maximum atomic E-state index is 10.6. The molecule has 1 atom stereocenters. The monoisotopic (exact) mass is 232 g/mol. The molecule has 15 heavy (non-hydrogen) atoms. The molecule has 4 heteroatoms. The molecule has 0 heterocycles. The lowest BCUT2D eigenvalue weighted by Gasteiger charge is -2.24. The van der Waals surface area contributed by atoms with Crippen LogP contribution in [-0.2, 0) is 9.53 Å². The van der Waals surface area contributed by atoms with E-state index in [2.05, 4.69) is 12.6 Å². The average molecular weight is 232 g/mol. The van der Waals surface area contributed by atoms with Gasteiger partial charge in [0.05, 0.1) is 18.1 Å². The molecule has 0 amide bonds. The molecule has 0 saturated heterocycles. The summed E-state index contributed by atoms with van der Waals surface area (Å²) in [5.74, 6) is -0.0917. The van der Waals surface area contributed by atoms with E-state index in [9.17, 15) is 4.79 Å². The normalized spacial score (nSPS) is 14.4. The Labute approximate surface area is 96.9 Å². The molecular formula is C11H20O3S. The van der Waals surface area contributed by atoms with Crippen LogP contribution in [0, 0.1) is 0 Å². The molecule has 0 fully saturated rings. The molecule has 0 aliphatic carbocycles. The second-order valence-electron chi connectivity index (χ2n) is 4.31. The van der Waals surface area contributed by atoms with Crippen molar-refractivity contribution in [3.63, 3.8) is 0 Å². The van der Waals surface area contributed by atoms with E-state index in [1.807, 2.05) is 26.8 Å². The maximum absolute atomic E-state index is 10.6. The third-order valence-electron chi connectivity index (χ3n) is 1.53. The molecular weight excluding hydrogens is 212 g/mol. The van der Waals surface area contributed by atoms with Gasteiger partial charge in [0.15, 0.2) is 0 Å². The lowest BCUT2D eigenvalue weighted by atomic mass is 10.1. The molecule has 0 aromatic rings.